The van der Waals surface area contributed by atoms with Crippen molar-refractivity contribution in [2.45, 2.75) is 33.3 Å². The molecule has 1 fully saturated rings. The molecule has 2 rings (SSSR count). The van der Waals surface area contributed by atoms with Crippen LogP contribution in [0.5, 0.6) is 5.75 Å². The molecule has 0 saturated carbocycles. The molecule has 1 aliphatic rings. The van der Waals surface area contributed by atoms with E-state index >= 15 is 0 Å². The molecule has 1 aromatic rings. The Balaban J connectivity index is 2.09. The average molecular weight is 218 g/mol. The zero-order valence-corrected chi connectivity index (χ0v) is 10.3. The van der Waals surface area contributed by atoms with Crippen molar-refractivity contribution in [3.63, 3.8) is 0 Å². The first-order chi connectivity index (χ1) is 7.66. The fourth-order valence-corrected chi connectivity index (χ4v) is 2.03. The lowest BCUT2D eigenvalue weighted by Gasteiger charge is -2.24. The predicted molar refractivity (Wildman–Crippen MR) is 66.9 cm³/mol. The topological polar surface area (TPSA) is 21.3 Å². The van der Waals surface area contributed by atoms with E-state index in [4.69, 9.17) is 4.74 Å². The lowest BCUT2D eigenvalue weighted by Crippen LogP contribution is -2.37. The second-order valence-corrected chi connectivity index (χ2v) is 4.57. The molecule has 1 unspecified atom stereocenters. The smallest absolute Gasteiger partial charge is 0.120 e. The van der Waals surface area contributed by atoms with Crippen LogP contribution in [0.15, 0.2) is 12.1 Å². The van der Waals surface area contributed by atoms with Crippen LogP contribution in [0.3, 0.4) is 0 Å². The van der Waals surface area contributed by atoms with Crippen LogP contribution in [0.1, 0.15) is 23.1 Å². The predicted octanol–water partition coefficient (Wildman–Crippen LogP) is 2.56. The van der Waals surface area contributed by atoms with E-state index in [0.29, 0.717) is 0 Å². The van der Waals surface area contributed by atoms with Crippen molar-refractivity contribution in [2.75, 3.05) is 13.1 Å². The molecule has 0 bridgehead atoms. The van der Waals surface area contributed by atoms with Gasteiger partial charge in [-0.2, -0.15) is 0 Å². The molecule has 1 heterocycles. The molecule has 2 heteroatoms. The monoisotopic (exact) mass is 218 g/mol. The van der Waals surface area contributed by atoms with Crippen LogP contribution < -0.4 is 10.1 Å². The average Bonchev–Trinajstić information content (AvgIpc) is 2.27. The summed E-state index contributed by atoms with van der Waals surface area (Å²) in [5.41, 5.74) is 3.97. The summed E-state index contributed by atoms with van der Waals surface area (Å²) < 4.78 is 5.95. The summed E-state index contributed by atoms with van der Waals surface area (Å²) in [5, 5.41) is 3.34. The molecule has 16 heavy (non-hydrogen) atoms. The summed E-state index contributed by atoms with van der Waals surface area (Å²) in [4.78, 5) is 0. The van der Waals surface area contributed by atoms with Crippen molar-refractivity contribution in [3.8, 4) is 5.75 Å². The van der Waals surface area contributed by atoms with Crippen LogP contribution in [0.25, 0.3) is 0 Å². The summed E-state index contributed by atoms with van der Waals surface area (Å²) in [5.74, 6) is 0.991. The third-order valence-electron chi connectivity index (χ3n) is 3.28. The Morgan fingerprint density at radius 1 is 1.19 bits per heavy atom. The Hall–Kier alpha value is -1.02. The molecule has 1 saturated heterocycles. The number of hydrogen-bond acceptors (Lipinski definition) is 2. The van der Waals surface area contributed by atoms with Gasteiger partial charge in [-0.15, -0.1) is 0 Å². The molecular formula is C14H20NO. The number of hydrogen-bond donors (Lipinski definition) is 1. The standard InChI is InChI=1S/C14H20NO/c1-10-7-14(8-11(2)12(10)3)16-13-5-4-6-15-9-13/h5,7-8,13,15H,4,6,9H2,1-3H3. The van der Waals surface area contributed by atoms with Gasteiger partial charge in [0.25, 0.3) is 0 Å². The van der Waals surface area contributed by atoms with E-state index < -0.39 is 0 Å². The summed E-state index contributed by atoms with van der Waals surface area (Å²) >= 11 is 0. The van der Waals surface area contributed by atoms with E-state index in [1.807, 2.05) is 0 Å². The molecule has 0 spiro atoms. The van der Waals surface area contributed by atoms with Crippen molar-refractivity contribution in [1.29, 1.82) is 0 Å². The van der Waals surface area contributed by atoms with Gasteiger partial charge >= 0.3 is 0 Å². The third-order valence-corrected chi connectivity index (χ3v) is 3.28. The lowest BCUT2D eigenvalue weighted by atomic mass is 10.0. The van der Waals surface area contributed by atoms with Gasteiger partial charge in [0, 0.05) is 13.0 Å². The van der Waals surface area contributed by atoms with Crippen molar-refractivity contribution in [1.82, 2.24) is 5.32 Å². The fraction of sp³-hybridized carbons (Fsp3) is 0.500. The lowest BCUT2D eigenvalue weighted by molar-refractivity contribution is 0.210. The Labute approximate surface area is 98.0 Å². The molecule has 1 N–H and O–H groups in total. The number of ether oxygens (including phenoxy) is 1. The molecule has 0 amide bonds. The molecular weight excluding hydrogens is 198 g/mol. The Bertz CT molecular complexity index is 344. The van der Waals surface area contributed by atoms with Gasteiger partial charge < -0.3 is 10.1 Å². The van der Waals surface area contributed by atoms with Gasteiger partial charge in [-0.3, -0.25) is 0 Å². The molecule has 1 radical (unpaired) electrons. The van der Waals surface area contributed by atoms with Crippen LogP contribution in [-0.4, -0.2) is 19.2 Å². The van der Waals surface area contributed by atoms with E-state index in [2.05, 4.69) is 44.6 Å². The number of benzene rings is 1. The zero-order chi connectivity index (χ0) is 11.5. The Kier molecular flexibility index (Phi) is 3.49. The van der Waals surface area contributed by atoms with Gasteiger partial charge in [-0.05, 0) is 62.6 Å². The molecule has 2 nitrogen and oxygen atoms in total. The first-order valence-electron chi connectivity index (χ1n) is 5.95. The first kappa shape index (κ1) is 11.5. The number of aryl methyl sites for hydroxylation is 2. The second kappa shape index (κ2) is 4.88. The summed E-state index contributed by atoms with van der Waals surface area (Å²) in [6.45, 7) is 8.43. The van der Waals surface area contributed by atoms with Crippen molar-refractivity contribution in [3.05, 3.63) is 35.2 Å². The van der Waals surface area contributed by atoms with Crippen molar-refractivity contribution < 1.29 is 4.74 Å². The molecule has 1 aliphatic heterocycles. The zero-order valence-electron chi connectivity index (χ0n) is 10.3. The fourth-order valence-electron chi connectivity index (χ4n) is 2.03. The molecule has 1 atom stereocenters. The number of nitrogens with one attached hydrogen (secondary N) is 1. The first-order valence-corrected chi connectivity index (χ1v) is 5.95. The Morgan fingerprint density at radius 3 is 2.44 bits per heavy atom. The highest BCUT2D eigenvalue weighted by atomic mass is 16.5. The maximum atomic E-state index is 5.95. The highest BCUT2D eigenvalue weighted by Crippen LogP contribution is 2.22. The minimum atomic E-state index is 0.218. The van der Waals surface area contributed by atoms with Crippen LogP contribution >= 0.6 is 0 Å². The van der Waals surface area contributed by atoms with Crippen LogP contribution in [0, 0.1) is 27.2 Å². The molecule has 1 aromatic carbocycles. The number of piperidine rings is 1. The van der Waals surface area contributed by atoms with Gasteiger partial charge in [0.05, 0.1) is 0 Å². The largest absolute Gasteiger partial charge is 0.489 e. The Morgan fingerprint density at radius 2 is 1.88 bits per heavy atom. The minimum Gasteiger partial charge on any atom is -0.489 e. The maximum absolute atomic E-state index is 5.95. The summed E-state index contributed by atoms with van der Waals surface area (Å²) in [7, 11) is 0. The quantitative estimate of drug-likeness (QED) is 0.823. The van der Waals surface area contributed by atoms with Crippen LogP contribution in [-0.2, 0) is 0 Å². The van der Waals surface area contributed by atoms with E-state index in [1.54, 1.807) is 0 Å². The highest BCUT2D eigenvalue weighted by molar-refractivity contribution is 5.40. The SMILES string of the molecule is Cc1cc(OC2[CH]CCNC2)cc(C)c1C. The van der Waals surface area contributed by atoms with Crippen molar-refractivity contribution >= 4 is 0 Å². The van der Waals surface area contributed by atoms with Gasteiger partial charge in [0.15, 0.2) is 0 Å². The second-order valence-electron chi connectivity index (χ2n) is 4.57. The van der Waals surface area contributed by atoms with Gasteiger partial charge in [0.2, 0.25) is 0 Å². The van der Waals surface area contributed by atoms with Gasteiger partial charge in [0.1, 0.15) is 11.9 Å². The normalized spacial score (nSPS) is 20.8. The summed E-state index contributed by atoms with van der Waals surface area (Å²) in [6, 6.07) is 4.26. The summed E-state index contributed by atoms with van der Waals surface area (Å²) in [6.07, 6.45) is 3.56. The van der Waals surface area contributed by atoms with E-state index in [9.17, 15) is 0 Å². The van der Waals surface area contributed by atoms with Gasteiger partial charge in [-0.1, -0.05) is 0 Å². The molecule has 87 valence electrons. The third kappa shape index (κ3) is 2.56. The van der Waals surface area contributed by atoms with Crippen molar-refractivity contribution in [2.24, 2.45) is 0 Å². The molecule has 0 aliphatic carbocycles. The van der Waals surface area contributed by atoms with Crippen LogP contribution in [0.4, 0.5) is 0 Å². The maximum Gasteiger partial charge on any atom is 0.120 e. The van der Waals surface area contributed by atoms with E-state index in [1.165, 1.54) is 16.7 Å². The minimum absolute atomic E-state index is 0.218. The van der Waals surface area contributed by atoms with Crippen LogP contribution in [0.2, 0.25) is 0 Å². The van der Waals surface area contributed by atoms with E-state index in [0.717, 1.165) is 25.3 Å². The number of rotatable bonds is 2. The van der Waals surface area contributed by atoms with Gasteiger partial charge in [-0.25, -0.2) is 0 Å². The highest BCUT2D eigenvalue weighted by Gasteiger charge is 2.15. The molecule has 0 aromatic heterocycles. The van der Waals surface area contributed by atoms with E-state index in [-0.39, 0.29) is 6.10 Å².